The lowest BCUT2D eigenvalue weighted by Gasteiger charge is -2.38. The minimum Gasteiger partial charge on any atom is -0.462 e. The highest BCUT2D eigenvalue weighted by Gasteiger charge is 2.45. The Labute approximate surface area is 205 Å². The summed E-state index contributed by atoms with van der Waals surface area (Å²) in [4.78, 5) is 37.8. The smallest absolute Gasteiger partial charge is 0.459 e. The van der Waals surface area contributed by atoms with Crippen molar-refractivity contribution in [3.63, 3.8) is 0 Å². The van der Waals surface area contributed by atoms with Gasteiger partial charge in [0.2, 0.25) is 0 Å². The van der Waals surface area contributed by atoms with E-state index in [0.29, 0.717) is 0 Å². The topological polar surface area (TPSA) is 169 Å². The quantitative estimate of drug-likeness (QED) is 0.270. The van der Waals surface area contributed by atoms with E-state index < -0.39 is 60.8 Å². The molecule has 1 unspecified atom stereocenters. The van der Waals surface area contributed by atoms with Crippen molar-refractivity contribution >= 4 is 25.5 Å². The van der Waals surface area contributed by atoms with Crippen molar-refractivity contribution in [3.05, 3.63) is 63.4 Å². The Balaban J connectivity index is 1.80. The number of esters is 1. The maximum Gasteiger partial charge on any atom is 0.459 e. The number of thioether (sulfide) groups is 1. The maximum absolute atomic E-state index is 13.7. The van der Waals surface area contributed by atoms with E-state index >= 15 is 0 Å². The van der Waals surface area contributed by atoms with Crippen LogP contribution in [0.5, 0.6) is 5.75 Å². The van der Waals surface area contributed by atoms with Crippen LogP contribution < -0.4 is 20.9 Å². The number of hydrogen-bond acceptors (Lipinski definition) is 10. The van der Waals surface area contributed by atoms with Crippen LogP contribution in [0.4, 0.5) is 0 Å². The summed E-state index contributed by atoms with van der Waals surface area (Å²) in [5.74, 6) is -0.496. The molecule has 35 heavy (non-hydrogen) atoms. The lowest BCUT2D eigenvalue weighted by atomic mass is 10.1. The van der Waals surface area contributed by atoms with Gasteiger partial charge in [-0.25, -0.2) is 9.36 Å². The first kappa shape index (κ1) is 27.2. The van der Waals surface area contributed by atoms with Crippen LogP contribution in [0.15, 0.2) is 52.2 Å². The van der Waals surface area contributed by atoms with E-state index in [0.717, 1.165) is 22.4 Å². The zero-order valence-corrected chi connectivity index (χ0v) is 21.0. The van der Waals surface area contributed by atoms with E-state index in [2.05, 4.69) is 10.1 Å². The third kappa shape index (κ3) is 7.06. The second-order valence-corrected chi connectivity index (χ2v) is 10.9. The summed E-state index contributed by atoms with van der Waals surface area (Å²) in [6, 6.07) is 8.13. The highest BCUT2D eigenvalue weighted by Crippen LogP contribution is 2.49. The second kappa shape index (κ2) is 11.5. The Morgan fingerprint density at radius 3 is 2.49 bits per heavy atom. The molecule has 0 spiro atoms. The highest BCUT2D eigenvalue weighted by atomic mass is 32.2. The van der Waals surface area contributed by atoms with Crippen molar-refractivity contribution in [2.45, 2.75) is 56.6 Å². The molecule has 1 aromatic carbocycles. The second-order valence-electron chi connectivity index (χ2n) is 8.10. The summed E-state index contributed by atoms with van der Waals surface area (Å²) < 4.78 is 31.1. The summed E-state index contributed by atoms with van der Waals surface area (Å²) in [6.45, 7) is 4.76. The fourth-order valence-electron chi connectivity index (χ4n) is 3.25. The third-order valence-corrected chi connectivity index (χ3v) is 7.95. The van der Waals surface area contributed by atoms with Gasteiger partial charge >= 0.3 is 19.4 Å². The van der Waals surface area contributed by atoms with Gasteiger partial charge < -0.3 is 19.5 Å². The number of hydrogen-bond donors (Lipinski definition) is 4. The van der Waals surface area contributed by atoms with Gasteiger partial charge in [-0.3, -0.25) is 23.7 Å². The van der Waals surface area contributed by atoms with Crippen molar-refractivity contribution in [2.75, 3.05) is 5.75 Å². The fourth-order valence-corrected chi connectivity index (χ4v) is 6.37. The van der Waals surface area contributed by atoms with Gasteiger partial charge in [0, 0.05) is 18.0 Å². The van der Waals surface area contributed by atoms with Gasteiger partial charge in [-0.1, -0.05) is 18.2 Å². The minimum absolute atomic E-state index is 0.00308. The van der Waals surface area contributed by atoms with E-state index in [-0.39, 0.29) is 11.5 Å². The van der Waals surface area contributed by atoms with Crippen LogP contribution in [0.25, 0.3) is 0 Å². The lowest BCUT2D eigenvalue weighted by Crippen LogP contribution is -2.50. The number of ether oxygens (including phenoxy) is 1. The van der Waals surface area contributed by atoms with E-state index in [1.165, 1.54) is 25.3 Å². The molecular formula is C21H28N3O9PS. The molecule has 0 saturated carbocycles. The number of para-hydroxylation sites is 1. The number of aromatic amines is 1. The summed E-state index contributed by atoms with van der Waals surface area (Å²) in [5.41, 5.74) is -1.35. The summed E-state index contributed by atoms with van der Waals surface area (Å²) in [7, 11) is -4.29. The van der Waals surface area contributed by atoms with Crippen LogP contribution >= 0.6 is 19.5 Å². The monoisotopic (exact) mass is 529 g/mol. The van der Waals surface area contributed by atoms with Crippen LogP contribution in [0, 0.1) is 0 Å². The summed E-state index contributed by atoms with van der Waals surface area (Å²) in [6.07, 6.45) is -3.48. The van der Waals surface area contributed by atoms with Gasteiger partial charge in [-0.15, -0.1) is 11.8 Å². The fraction of sp³-hybridized carbons (Fsp3) is 0.476. The van der Waals surface area contributed by atoms with E-state index in [9.17, 15) is 29.2 Å². The maximum atomic E-state index is 13.7. The lowest BCUT2D eigenvalue weighted by molar-refractivity contribution is -0.149. The Kier molecular flexibility index (Phi) is 8.97. The molecule has 0 aliphatic carbocycles. The number of nitrogens with one attached hydrogen (secondary N) is 2. The van der Waals surface area contributed by atoms with E-state index in [4.69, 9.17) is 13.8 Å². The van der Waals surface area contributed by atoms with Crippen LogP contribution in [-0.4, -0.2) is 61.9 Å². The van der Waals surface area contributed by atoms with Gasteiger partial charge in [-0.05, 0) is 32.9 Å². The van der Waals surface area contributed by atoms with Crippen LogP contribution in [0.1, 0.15) is 26.1 Å². The molecule has 0 amide bonds. The predicted molar refractivity (Wildman–Crippen MR) is 128 cm³/mol. The molecular weight excluding hydrogens is 501 g/mol. The normalized spacial score (nSPS) is 25.0. The Hall–Kier alpha value is -2.41. The zero-order chi connectivity index (χ0) is 25.8. The SMILES string of the molecule is CC(C)OC(=O)[C@H](C)N[P@@](=O)(Oc1ccccc1)OC1CS[C@@H](n2ccc(=O)[nH]c2=O)[C@H](O)[C@@H]1O. The van der Waals surface area contributed by atoms with Crippen LogP contribution in [0.2, 0.25) is 0 Å². The predicted octanol–water partition coefficient (Wildman–Crippen LogP) is 1.01. The number of carbonyl (C=O) groups excluding carboxylic acids is 1. The number of rotatable bonds is 9. The first-order valence-electron chi connectivity index (χ1n) is 10.8. The molecule has 12 nitrogen and oxygen atoms in total. The molecule has 0 bridgehead atoms. The van der Waals surface area contributed by atoms with Gasteiger partial charge in [0.1, 0.15) is 35.5 Å². The molecule has 1 aliphatic rings. The molecule has 192 valence electrons. The van der Waals surface area contributed by atoms with Crippen molar-refractivity contribution in [2.24, 2.45) is 0 Å². The third-order valence-electron chi connectivity index (χ3n) is 4.88. The van der Waals surface area contributed by atoms with Crippen LogP contribution in [0.3, 0.4) is 0 Å². The van der Waals surface area contributed by atoms with E-state index in [1.807, 2.05) is 0 Å². The Morgan fingerprint density at radius 2 is 1.86 bits per heavy atom. The molecule has 1 saturated heterocycles. The van der Waals surface area contributed by atoms with Crippen LogP contribution in [-0.2, 0) is 18.6 Å². The molecule has 3 rings (SSSR count). The molecule has 1 aromatic heterocycles. The molecule has 14 heteroatoms. The minimum atomic E-state index is -4.29. The Bertz CT molecular complexity index is 1170. The average Bonchev–Trinajstić information content (AvgIpc) is 2.78. The number of carbonyl (C=O) groups is 1. The summed E-state index contributed by atoms with van der Waals surface area (Å²) >= 11 is 1.05. The van der Waals surface area contributed by atoms with Crippen molar-refractivity contribution in [1.29, 1.82) is 0 Å². The molecule has 2 heterocycles. The molecule has 4 N–H and O–H groups in total. The Morgan fingerprint density at radius 1 is 1.17 bits per heavy atom. The van der Waals surface area contributed by atoms with Crippen molar-refractivity contribution in [3.8, 4) is 5.75 Å². The van der Waals surface area contributed by atoms with Crippen molar-refractivity contribution in [1.82, 2.24) is 14.6 Å². The van der Waals surface area contributed by atoms with Gasteiger partial charge in [-0.2, -0.15) is 5.09 Å². The van der Waals surface area contributed by atoms with E-state index in [1.54, 1.807) is 32.0 Å². The highest BCUT2D eigenvalue weighted by molar-refractivity contribution is 7.99. The number of aliphatic hydroxyl groups is 2. The number of nitrogens with zero attached hydrogens (tertiary/aromatic N) is 1. The number of H-pyrrole nitrogens is 1. The number of aromatic nitrogens is 2. The largest absolute Gasteiger partial charge is 0.462 e. The summed E-state index contributed by atoms with van der Waals surface area (Å²) in [5, 5.41) is 23.0. The number of benzene rings is 1. The molecule has 0 radical (unpaired) electrons. The molecule has 1 fully saturated rings. The standard InChI is InChI=1S/C21H28N3O9PS/c1-12(2)31-20(28)13(3)23-34(30,32-14-7-5-4-6-8-14)33-15-11-35-19(18(27)17(15)26)24-10-9-16(25)22-21(24)29/h4-10,12-13,15,17-19,26-27H,11H2,1-3H3,(H,23,30)(H,22,25,29)/t13-,15?,17+,18+,19+,34+/m0/s1. The van der Waals surface area contributed by atoms with Gasteiger partial charge in [0.15, 0.2) is 0 Å². The molecule has 1 aliphatic heterocycles. The van der Waals surface area contributed by atoms with Gasteiger partial charge in [0.05, 0.1) is 6.10 Å². The first-order valence-corrected chi connectivity index (χ1v) is 13.4. The molecule has 2 aromatic rings. The number of aliphatic hydroxyl groups excluding tert-OH is 2. The first-order chi connectivity index (χ1) is 16.5. The average molecular weight is 530 g/mol. The van der Waals surface area contributed by atoms with Gasteiger partial charge in [0.25, 0.3) is 5.56 Å². The molecule has 6 atom stereocenters. The zero-order valence-electron chi connectivity index (χ0n) is 19.3. The van der Waals surface area contributed by atoms with Crippen molar-refractivity contribution < 1.29 is 33.4 Å².